The van der Waals surface area contributed by atoms with Crippen molar-refractivity contribution in [2.45, 2.75) is 11.7 Å². The summed E-state index contributed by atoms with van der Waals surface area (Å²) in [6.07, 6.45) is 0.307. The number of rotatable bonds is 3. The van der Waals surface area contributed by atoms with Gasteiger partial charge in [0.05, 0.1) is 16.7 Å². The molecule has 4 rings (SSSR count). The Bertz CT molecular complexity index is 1180. The quantitative estimate of drug-likeness (QED) is 0.618. The first-order valence-electron chi connectivity index (χ1n) is 9.71. The number of benzene rings is 2. The van der Waals surface area contributed by atoms with E-state index in [1.807, 2.05) is 30.3 Å². The standard InChI is InChI=1S/C22H22ClN3O3S/c1-25-20(15-19(24-25)16-7-3-2-4-8-16)22(27)26-12-11-21(30(28,29)14-13-26)17-9-5-6-10-18(17)23/h2-10,15,21H,11-14H2,1H3. The zero-order valence-corrected chi connectivity index (χ0v) is 18.1. The fourth-order valence-corrected chi connectivity index (χ4v) is 5.96. The summed E-state index contributed by atoms with van der Waals surface area (Å²) in [4.78, 5) is 14.8. The summed E-state index contributed by atoms with van der Waals surface area (Å²) in [5, 5.41) is 4.18. The molecule has 0 spiro atoms. The molecule has 156 valence electrons. The number of nitrogens with zero attached hydrogens (tertiary/aromatic N) is 3. The van der Waals surface area contributed by atoms with Crippen LogP contribution < -0.4 is 0 Å². The Balaban J connectivity index is 1.58. The molecule has 2 aromatic carbocycles. The molecule has 0 bridgehead atoms. The Labute approximate surface area is 181 Å². The highest BCUT2D eigenvalue weighted by atomic mass is 35.5. The Kier molecular flexibility index (Phi) is 5.66. The molecule has 6 nitrogen and oxygen atoms in total. The Morgan fingerprint density at radius 2 is 1.77 bits per heavy atom. The van der Waals surface area contributed by atoms with Gasteiger partial charge in [-0.25, -0.2) is 8.42 Å². The molecular formula is C22H22ClN3O3S. The Morgan fingerprint density at radius 3 is 2.50 bits per heavy atom. The minimum Gasteiger partial charge on any atom is -0.336 e. The highest BCUT2D eigenvalue weighted by Crippen LogP contribution is 2.34. The van der Waals surface area contributed by atoms with Gasteiger partial charge in [-0.3, -0.25) is 9.48 Å². The Hall–Kier alpha value is -2.64. The predicted molar refractivity (Wildman–Crippen MR) is 117 cm³/mol. The molecule has 0 aliphatic carbocycles. The minimum absolute atomic E-state index is 0.0992. The fraction of sp³-hybridized carbons (Fsp3) is 0.273. The van der Waals surface area contributed by atoms with Crippen LogP contribution in [0.5, 0.6) is 0 Å². The van der Waals surface area contributed by atoms with Crippen molar-refractivity contribution in [2.75, 3.05) is 18.8 Å². The maximum atomic E-state index is 13.2. The molecule has 0 radical (unpaired) electrons. The number of hydrogen-bond acceptors (Lipinski definition) is 4. The SMILES string of the molecule is Cn1nc(-c2ccccc2)cc1C(=O)N1CCC(c2ccccc2Cl)S(=O)(=O)CC1. The molecule has 1 aliphatic heterocycles. The van der Waals surface area contributed by atoms with E-state index in [1.165, 1.54) is 0 Å². The fourth-order valence-electron chi connectivity index (χ4n) is 3.81. The summed E-state index contributed by atoms with van der Waals surface area (Å²) >= 11 is 6.26. The summed E-state index contributed by atoms with van der Waals surface area (Å²) in [7, 11) is -1.71. The van der Waals surface area contributed by atoms with Gasteiger partial charge in [-0.05, 0) is 24.1 Å². The number of carbonyl (C=O) groups is 1. The highest BCUT2D eigenvalue weighted by molar-refractivity contribution is 7.91. The van der Waals surface area contributed by atoms with E-state index < -0.39 is 15.1 Å². The second kappa shape index (κ2) is 8.24. The summed E-state index contributed by atoms with van der Waals surface area (Å²) in [6.45, 7) is 0.480. The number of amides is 1. The largest absolute Gasteiger partial charge is 0.336 e. The third-order valence-corrected chi connectivity index (χ3v) is 7.90. The van der Waals surface area contributed by atoms with Crippen LogP contribution in [0.4, 0.5) is 0 Å². The van der Waals surface area contributed by atoms with Crippen LogP contribution in [0.25, 0.3) is 11.3 Å². The lowest BCUT2D eigenvalue weighted by Gasteiger charge is -2.20. The maximum absolute atomic E-state index is 13.2. The van der Waals surface area contributed by atoms with Crippen LogP contribution in [0.15, 0.2) is 60.7 Å². The molecule has 1 aromatic heterocycles. The van der Waals surface area contributed by atoms with Crippen LogP contribution in [0.3, 0.4) is 0 Å². The predicted octanol–water partition coefficient (Wildman–Crippen LogP) is 3.74. The van der Waals surface area contributed by atoms with Crippen LogP contribution in [0.2, 0.25) is 5.02 Å². The molecule has 3 aromatic rings. The minimum atomic E-state index is -3.43. The van der Waals surface area contributed by atoms with Gasteiger partial charge in [0.25, 0.3) is 5.91 Å². The van der Waals surface area contributed by atoms with Crippen molar-refractivity contribution in [3.63, 3.8) is 0 Å². The molecule has 0 saturated carbocycles. The molecule has 1 unspecified atom stereocenters. The summed E-state index contributed by atoms with van der Waals surface area (Å²) in [5.41, 5.74) is 2.66. The maximum Gasteiger partial charge on any atom is 0.272 e. The molecule has 1 fully saturated rings. The van der Waals surface area contributed by atoms with Gasteiger partial charge in [-0.15, -0.1) is 0 Å². The van der Waals surface area contributed by atoms with Crippen LogP contribution in [-0.4, -0.2) is 47.8 Å². The van der Waals surface area contributed by atoms with E-state index in [0.29, 0.717) is 34.9 Å². The normalized spacial score (nSPS) is 18.7. The summed E-state index contributed by atoms with van der Waals surface area (Å²) in [6, 6.07) is 18.4. The van der Waals surface area contributed by atoms with E-state index in [0.717, 1.165) is 5.56 Å². The number of hydrogen-bond donors (Lipinski definition) is 0. The van der Waals surface area contributed by atoms with Gasteiger partial charge in [0.2, 0.25) is 0 Å². The van der Waals surface area contributed by atoms with Gasteiger partial charge < -0.3 is 4.90 Å². The molecule has 30 heavy (non-hydrogen) atoms. The zero-order valence-electron chi connectivity index (χ0n) is 16.5. The van der Waals surface area contributed by atoms with Gasteiger partial charge in [0.1, 0.15) is 5.69 Å². The van der Waals surface area contributed by atoms with E-state index in [2.05, 4.69) is 5.10 Å². The van der Waals surface area contributed by atoms with E-state index in [4.69, 9.17) is 11.6 Å². The average molecular weight is 444 g/mol. The first-order chi connectivity index (χ1) is 14.4. The van der Waals surface area contributed by atoms with Gasteiger partial charge in [0.15, 0.2) is 9.84 Å². The van der Waals surface area contributed by atoms with Crippen molar-refractivity contribution in [3.05, 3.63) is 76.9 Å². The van der Waals surface area contributed by atoms with Gasteiger partial charge in [0, 0.05) is 30.7 Å². The molecule has 2 heterocycles. The van der Waals surface area contributed by atoms with Crippen molar-refractivity contribution in [1.29, 1.82) is 0 Å². The number of sulfone groups is 1. The van der Waals surface area contributed by atoms with E-state index in [-0.39, 0.29) is 18.2 Å². The van der Waals surface area contributed by atoms with Gasteiger partial charge in [-0.1, -0.05) is 60.1 Å². The first kappa shape index (κ1) is 20.6. The lowest BCUT2D eigenvalue weighted by Crippen LogP contribution is -2.34. The number of aromatic nitrogens is 2. The van der Waals surface area contributed by atoms with Crippen molar-refractivity contribution in [2.24, 2.45) is 7.05 Å². The third-order valence-electron chi connectivity index (χ3n) is 5.45. The van der Waals surface area contributed by atoms with Crippen molar-refractivity contribution < 1.29 is 13.2 Å². The molecule has 8 heteroatoms. The highest BCUT2D eigenvalue weighted by Gasteiger charge is 2.34. The van der Waals surface area contributed by atoms with E-state index in [9.17, 15) is 13.2 Å². The second-order valence-electron chi connectivity index (χ2n) is 7.36. The van der Waals surface area contributed by atoms with Crippen LogP contribution in [0.1, 0.15) is 27.7 Å². The summed E-state index contributed by atoms with van der Waals surface area (Å²) < 4.78 is 27.4. The lowest BCUT2D eigenvalue weighted by atomic mass is 10.1. The molecular weight excluding hydrogens is 422 g/mol. The zero-order chi connectivity index (χ0) is 21.3. The van der Waals surface area contributed by atoms with Crippen LogP contribution in [-0.2, 0) is 16.9 Å². The monoisotopic (exact) mass is 443 g/mol. The van der Waals surface area contributed by atoms with E-state index >= 15 is 0 Å². The topological polar surface area (TPSA) is 72.3 Å². The second-order valence-corrected chi connectivity index (χ2v) is 10.1. The first-order valence-corrected chi connectivity index (χ1v) is 11.8. The molecule has 1 amide bonds. The van der Waals surface area contributed by atoms with Gasteiger partial charge in [-0.2, -0.15) is 5.10 Å². The summed E-state index contributed by atoms with van der Waals surface area (Å²) in [5.74, 6) is -0.319. The Morgan fingerprint density at radius 1 is 1.07 bits per heavy atom. The van der Waals surface area contributed by atoms with Crippen molar-refractivity contribution in [1.82, 2.24) is 14.7 Å². The average Bonchev–Trinajstić information content (AvgIpc) is 3.05. The van der Waals surface area contributed by atoms with Crippen LogP contribution in [0, 0.1) is 0 Å². The third kappa shape index (κ3) is 4.00. The lowest BCUT2D eigenvalue weighted by molar-refractivity contribution is 0.0755. The van der Waals surface area contributed by atoms with Gasteiger partial charge >= 0.3 is 0 Å². The van der Waals surface area contributed by atoms with E-state index in [1.54, 1.807) is 47.0 Å². The number of aryl methyl sites for hydroxylation is 1. The van der Waals surface area contributed by atoms with Crippen molar-refractivity contribution in [3.8, 4) is 11.3 Å². The number of halogens is 1. The molecule has 1 aliphatic rings. The number of carbonyl (C=O) groups excluding carboxylic acids is 1. The molecule has 0 N–H and O–H groups in total. The smallest absolute Gasteiger partial charge is 0.272 e. The van der Waals surface area contributed by atoms with Crippen LogP contribution >= 0.6 is 11.6 Å². The van der Waals surface area contributed by atoms with Crippen molar-refractivity contribution >= 4 is 27.3 Å². The molecule has 1 saturated heterocycles. The molecule has 1 atom stereocenters.